The minimum absolute atomic E-state index is 0.0508. The standard InChI is InChI=1S/C29H31N5O4/c1-17(2)37-26-19(14-30)11-20(15-31-26)27-32-25(33-38-27)23-5-4-6-24-22(23)7-8-29(24)9-10-34(16-29)21-12-18(13-21)28(35)36-3/h4-6,11,15,17-18,21H,7-10,12-13,16H2,1-3H3. The molecule has 1 atom stereocenters. The molecule has 0 N–H and O–H groups in total. The highest BCUT2D eigenvalue weighted by molar-refractivity contribution is 5.73. The molecule has 0 amide bonds. The largest absolute Gasteiger partial charge is 0.474 e. The Bertz CT molecular complexity index is 1420. The minimum atomic E-state index is -0.0867. The molecule has 2 fully saturated rings. The molecule has 2 aromatic heterocycles. The Labute approximate surface area is 221 Å². The van der Waals surface area contributed by atoms with Crippen LogP contribution < -0.4 is 4.74 Å². The summed E-state index contributed by atoms with van der Waals surface area (Å²) in [6.07, 6.45) is 6.49. The Hall–Kier alpha value is -3.77. The quantitative estimate of drug-likeness (QED) is 0.445. The predicted molar refractivity (Wildman–Crippen MR) is 138 cm³/mol. The molecule has 9 nitrogen and oxygen atoms in total. The first kappa shape index (κ1) is 24.6. The molecule has 1 aromatic carbocycles. The summed E-state index contributed by atoms with van der Waals surface area (Å²) in [5, 5.41) is 13.9. The van der Waals surface area contributed by atoms with Crippen molar-refractivity contribution in [2.45, 2.75) is 63.5 Å². The molecule has 0 bridgehead atoms. The van der Waals surface area contributed by atoms with Gasteiger partial charge in [0, 0.05) is 29.8 Å². The van der Waals surface area contributed by atoms with Crippen molar-refractivity contribution in [1.82, 2.24) is 20.0 Å². The number of aromatic nitrogens is 3. The van der Waals surface area contributed by atoms with Crippen LogP contribution in [0, 0.1) is 17.2 Å². The summed E-state index contributed by atoms with van der Waals surface area (Å²) < 4.78 is 16.2. The fraction of sp³-hybridized carbons (Fsp3) is 0.483. The summed E-state index contributed by atoms with van der Waals surface area (Å²) in [6.45, 7) is 5.85. The molecule has 3 aromatic rings. The van der Waals surface area contributed by atoms with Gasteiger partial charge in [0.25, 0.3) is 5.89 Å². The third-order valence-corrected chi connectivity index (χ3v) is 8.38. The first-order valence-electron chi connectivity index (χ1n) is 13.3. The smallest absolute Gasteiger partial charge is 0.308 e. The van der Waals surface area contributed by atoms with Crippen molar-refractivity contribution in [2.75, 3.05) is 20.2 Å². The molecule has 38 heavy (non-hydrogen) atoms. The lowest BCUT2D eigenvalue weighted by molar-refractivity contribution is -0.150. The lowest BCUT2D eigenvalue weighted by Crippen LogP contribution is -2.47. The van der Waals surface area contributed by atoms with E-state index in [1.807, 2.05) is 13.8 Å². The zero-order chi connectivity index (χ0) is 26.4. The third kappa shape index (κ3) is 4.13. The van der Waals surface area contributed by atoms with E-state index >= 15 is 0 Å². The van der Waals surface area contributed by atoms with E-state index in [4.69, 9.17) is 14.0 Å². The second kappa shape index (κ2) is 9.52. The lowest BCUT2D eigenvalue weighted by Gasteiger charge is -2.40. The van der Waals surface area contributed by atoms with Gasteiger partial charge in [-0.1, -0.05) is 23.4 Å². The normalized spacial score (nSPS) is 24.3. The van der Waals surface area contributed by atoms with Gasteiger partial charge in [-0.25, -0.2) is 4.98 Å². The number of methoxy groups -OCH3 is 1. The number of nitriles is 1. The number of fused-ring (bicyclic) bond motifs is 2. The van der Waals surface area contributed by atoms with Crippen molar-refractivity contribution >= 4 is 5.97 Å². The molecule has 3 heterocycles. The molecule has 3 aliphatic rings. The highest BCUT2D eigenvalue weighted by Gasteiger charge is 2.49. The Morgan fingerprint density at radius 1 is 1.29 bits per heavy atom. The highest BCUT2D eigenvalue weighted by Crippen LogP contribution is 2.49. The van der Waals surface area contributed by atoms with Crippen molar-refractivity contribution in [1.29, 1.82) is 5.26 Å². The summed E-state index contributed by atoms with van der Waals surface area (Å²) in [7, 11) is 1.47. The molecule has 6 rings (SSSR count). The molecule has 0 radical (unpaired) electrons. The van der Waals surface area contributed by atoms with E-state index in [1.54, 1.807) is 12.3 Å². The van der Waals surface area contributed by atoms with E-state index < -0.39 is 0 Å². The van der Waals surface area contributed by atoms with Gasteiger partial charge in [0.1, 0.15) is 11.6 Å². The average molecular weight is 514 g/mol. The van der Waals surface area contributed by atoms with Gasteiger partial charge in [-0.3, -0.25) is 9.69 Å². The van der Waals surface area contributed by atoms with Crippen molar-refractivity contribution in [3.05, 3.63) is 47.2 Å². The maximum atomic E-state index is 11.8. The van der Waals surface area contributed by atoms with Crippen molar-refractivity contribution < 1.29 is 18.8 Å². The van der Waals surface area contributed by atoms with Gasteiger partial charge in [-0.05, 0) is 69.7 Å². The van der Waals surface area contributed by atoms with E-state index in [-0.39, 0.29) is 23.4 Å². The zero-order valence-electron chi connectivity index (χ0n) is 21.9. The van der Waals surface area contributed by atoms with Gasteiger partial charge in [0.15, 0.2) is 0 Å². The maximum Gasteiger partial charge on any atom is 0.308 e. The van der Waals surface area contributed by atoms with E-state index in [9.17, 15) is 10.1 Å². The molecule has 2 aliphatic carbocycles. The Morgan fingerprint density at radius 3 is 2.89 bits per heavy atom. The van der Waals surface area contributed by atoms with Crippen LogP contribution in [0.5, 0.6) is 5.88 Å². The van der Waals surface area contributed by atoms with Crippen molar-refractivity contribution in [3.8, 4) is 34.8 Å². The number of carbonyl (C=O) groups is 1. The van der Waals surface area contributed by atoms with Crippen LogP contribution in [0.4, 0.5) is 0 Å². The predicted octanol–water partition coefficient (Wildman–Crippen LogP) is 4.30. The third-order valence-electron chi connectivity index (χ3n) is 8.38. The van der Waals surface area contributed by atoms with Crippen LogP contribution in [-0.2, 0) is 21.4 Å². The molecule has 1 unspecified atom stereocenters. The molecule has 1 aliphatic heterocycles. The molecule has 1 saturated carbocycles. The molecular formula is C29H31N5O4. The monoisotopic (exact) mass is 513 g/mol. The van der Waals surface area contributed by atoms with Gasteiger partial charge in [-0.15, -0.1) is 0 Å². The average Bonchev–Trinajstić information content (AvgIpc) is 3.63. The van der Waals surface area contributed by atoms with Crippen LogP contribution in [0.3, 0.4) is 0 Å². The SMILES string of the molecule is COC(=O)C1CC(N2CCC3(CCc4c(-c5noc(-c6cnc(OC(C)C)c(C#N)c6)n5)cccc43)C2)C1. The Kier molecular flexibility index (Phi) is 6.15. The number of benzene rings is 1. The Balaban J connectivity index is 1.22. The highest BCUT2D eigenvalue weighted by atomic mass is 16.5. The number of likely N-dealkylation sites (tertiary alicyclic amines) is 1. The van der Waals surface area contributed by atoms with Crippen LogP contribution in [0.1, 0.15) is 56.2 Å². The number of hydrogen-bond donors (Lipinski definition) is 0. The summed E-state index contributed by atoms with van der Waals surface area (Å²) in [6, 6.07) is 10.7. The van der Waals surface area contributed by atoms with Crippen LogP contribution in [0.15, 0.2) is 35.0 Å². The molecule has 1 spiro atoms. The second-order valence-electron chi connectivity index (χ2n) is 11.0. The summed E-state index contributed by atoms with van der Waals surface area (Å²) >= 11 is 0. The minimum Gasteiger partial charge on any atom is -0.474 e. The topological polar surface area (TPSA) is 114 Å². The van der Waals surface area contributed by atoms with E-state index in [0.29, 0.717) is 34.8 Å². The summed E-state index contributed by atoms with van der Waals surface area (Å²) in [5.41, 5.74) is 4.71. The maximum absolute atomic E-state index is 11.8. The van der Waals surface area contributed by atoms with Gasteiger partial charge in [0.2, 0.25) is 11.7 Å². The zero-order valence-corrected chi connectivity index (χ0v) is 21.9. The fourth-order valence-electron chi connectivity index (χ4n) is 6.36. The van der Waals surface area contributed by atoms with E-state index in [1.165, 1.54) is 18.2 Å². The number of ether oxygens (including phenoxy) is 2. The van der Waals surface area contributed by atoms with E-state index in [0.717, 1.165) is 50.8 Å². The van der Waals surface area contributed by atoms with Crippen LogP contribution in [-0.4, -0.2) is 58.3 Å². The number of rotatable bonds is 6. The van der Waals surface area contributed by atoms with Gasteiger partial charge in [0.05, 0.1) is 24.7 Å². The fourth-order valence-corrected chi connectivity index (χ4v) is 6.36. The van der Waals surface area contributed by atoms with Crippen LogP contribution in [0.25, 0.3) is 22.8 Å². The van der Waals surface area contributed by atoms with Gasteiger partial charge in [-0.2, -0.15) is 10.2 Å². The molecular weight excluding hydrogens is 482 g/mol. The lowest BCUT2D eigenvalue weighted by atomic mass is 9.78. The number of hydrogen-bond acceptors (Lipinski definition) is 9. The molecule has 196 valence electrons. The van der Waals surface area contributed by atoms with E-state index in [2.05, 4.69) is 44.3 Å². The van der Waals surface area contributed by atoms with Gasteiger partial charge < -0.3 is 14.0 Å². The number of nitrogens with zero attached hydrogens (tertiary/aromatic N) is 5. The van der Waals surface area contributed by atoms with Crippen molar-refractivity contribution in [2.24, 2.45) is 5.92 Å². The molecule has 1 saturated heterocycles. The van der Waals surface area contributed by atoms with Crippen molar-refractivity contribution in [3.63, 3.8) is 0 Å². The number of pyridine rings is 1. The Morgan fingerprint density at radius 2 is 2.13 bits per heavy atom. The summed E-state index contributed by atoms with van der Waals surface area (Å²) in [4.78, 5) is 23.4. The molecule has 9 heteroatoms. The first-order chi connectivity index (χ1) is 18.4. The van der Waals surface area contributed by atoms with Crippen LogP contribution >= 0.6 is 0 Å². The second-order valence-corrected chi connectivity index (χ2v) is 11.0. The summed E-state index contributed by atoms with van der Waals surface area (Å²) in [5.74, 6) is 1.14. The van der Waals surface area contributed by atoms with Crippen LogP contribution in [0.2, 0.25) is 0 Å². The first-order valence-corrected chi connectivity index (χ1v) is 13.3. The number of carbonyl (C=O) groups excluding carboxylic acids is 1. The number of esters is 1. The van der Waals surface area contributed by atoms with Gasteiger partial charge >= 0.3 is 5.97 Å².